The van der Waals surface area contributed by atoms with Gasteiger partial charge in [0, 0.05) is 24.4 Å². The van der Waals surface area contributed by atoms with Gasteiger partial charge in [0.05, 0.1) is 0 Å². The topological polar surface area (TPSA) is 52.6 Å². The molecule has 0 aromatic heterocycles. The van der Waals surface area contributed by atoms with Crippen LogP contribution in [0.5, 0.6) is 0 Å². The monoisotopic (exact) mass is 298 g/mol. The van der Waals surface area contributed by atoms with Crippen molar-refractivity contribution in [3.05, 3.63) is 39.7 Å². The van der Waals surface area contributed by atoms with Gasteiger partial charge in [-0.3, -0.25) is 0 Å². The van der Waals surface area contributed by atoms with Crippen molar-refractivity contribution in [2.45, 2.75) is 26.6 Å². The fourth-order valence-electron chi connectivity index (χ4n) is 1.71. The average Bonchev–Trinajstić information content (AvgIpc) is 2.28. The van der Waals surface area contributed by atoms with Crippen molar-refractivity contribution in [3.8, 4) is 0 Å². The van der Waals surface area contributed by atoms with Crippen molar-refractivity contribution in [1.29, 1.82) is 0 Å². The predicted octanol–water partition coefficient (Wildman–Crippen LogP) is 3.01. The first-order valence-electron chi connectivity index (χ1n) is 5.83. The maximum Gasteiger partial charge on any atom is 0.348 e. The normalized spacial score (nSPS) is 17.6. The number of cyclic esters (lactones) is 2. The summed E-state index contributed by atoms with van der Waals surface area (Å²) < 4.78 is 23.6. The van der Waals surface area contributed by atoms with E-state index in [0.29, 0.717) is 10.6 Å². The highest BCUT2D eigenvalue weighted by atomic mass is 35.5. The lowest BCUT2D eigenvalue weighted by Gasteiger charge is -2.29. The van der Waals surface area contributed by atoms with Gasteiger partial charge in [-0.25, -0.2) is 14.0 Å². The Bertz CT molecular complexity index is 612. The van der Waals surface area contributed by atoms with Crippen LogP contribution in [0.2, 0.25) is 5.02 Å². The van der Waals surface area contributed by atoms with Crippen molar-refractivity contribution < 1.29 is 23.5 Å². The van der Waals surface area contributed by atoms with Gasteiger partial charge in [0.1, 0.15) is 11.4 Å². The summed E-state index contributed by atoms with van der Waals surface area (Å²) in [6.45, 7) is 4.51. The molecule has 6 heteroatoms. The Morgan fingerprint density at radius 2 is 1.75 bits per heavy atom. The number of aryl methyl sites for hydroxylation is 1. The van der Waals surface area contributed by atoms with Crippen LogP contribution in [0.1, 0.15) is 25.0 Å². The standard InChI is InChI=1S/C14H12ClFO4/c1-7-4-11(16)8(6-10(7)15)5-9-12(17)19-14(2,3)20-13(9)18/h4-6H,1-3H3. The van der Waals surface area contributed by atoms with E-state index in [-0.39, 0.29) is 11.1 Å². The average molecular weight is 299 g/mol. The summed E-state index contributed by atoms with van der Waals surface area (Å²) >= 11 is 5.89. The van der Waals surface area contributed by atoms with Gasteiger partial charge < -0.3 is 9.47 Å². The van der Waals surface area contributed by atoms with Crippen LogP contribution in [0, 0.1) is 12.7 Å². The van der Waals surface area contributed by atoms with E-state index in [1.165, 1.54) is 26.0 Å². The lowest BCUT2D eigenvalue weighted by atomic mass is 10.1. The SMILES string of the molecule is Cc1cc(F)c(C=C2C(=O)OC(C)(C)OC2=O)cc1Cl. The number of rotatable bonds is 1. The van der Waals surface area contributed by atoms with Crippen molar-refractivity contribution >= 4 is 29.6 Å². The quantitative estimate of drug-likeness (QED) is 0.454. The van der Waals surface area contributed by atoms with E-state index in [4.69, 9.17) is 21.1 Å². The Labute approximate surface area is 120 Å². The molecule has 0 bridgehead atoms. The van der Waals surface area contributed by atoms with Gasteiger partial charge in [-0.2, -0.15) is 0 Å². The Hall–Kier alpha value is -1.88. The second-order valence-corrected chi connectivity index (χ2v) is 5.27. The number of benzene rings is 1. The van der Waals surface area contributed by atoms with Crippen LogP contribution >= 0.6 is 11.6 Å². The molecule has 2 rings (SSSR count). The third-order valence-corrected chi connectivity index (χ3v) is 3.10. The van der Waals surface area contributed by atoms with Crippen molar-refractivity contribution in [3.63, 3.8) is 0 Å². The minimum Gasteiger partial charge on any atom is -0.419 e. The summed E-state index contributed by atoms with van der Waals surface area (Å²) in [7, 11) is 0. The molecule has 1 aromatic rings. The van der Waals surface area contributed by atoms with Gasteiger partial charge >= 0.3 is 11.9 Å². The molecule has 0 unspecified atom stereocenters. The number of carbonyl (C=O) groups is 2. The van der Waals surface area contributed by atoms with E-state index in [2.05, 4.69) is 0 Å². The Kier molecular flexibility index (Phi) is 3.56. The van der Waals surface area contributed by atoms with E-state index < -0.39 is 23.5 Å². The predicted molar refractivity (Wildman–Crippen MR) is 70.4 cm³/mol. The third kappa shape index (κ3) is 2.82. The summed E-state index contributed by atoms with van der Waals surface area (Å²) in [5.74, 6) is -3.64. The highest BCUT2D eigenvalue weighted by Gasteiger charge is 2.38. The summed E-state index contributed by atoms with van der Waals surface area (Å²) in [5.41, 5.74) is 0.202. The maximum atomic E-state index is 13.8. The molecule has 0 aliphatic carbocycles. The van der Waals surface area contributed by atoms with Gasteiger partial charge in [0.15, 0.2) is 0 Å². The number of halogens is 2. The van der Waals surface area contributed by atoms with Crippen LogP contribution in [-0.4, -0.2) is 17.7 Å². The van der Waals surface area contributed by atoms with E-state index in [0.717, 1.165) is 6.08 Å². The lowest BCUT2D eigenvalue weighted by molar-refractivity contribution is -0.222. The van der Waals surface area contributed by atoms with Gasteiger partial charge in [-0.15, -0.1) is 0 Å². The Morgan fingerprint density at radius 3 is 2.30 bits per heavy atom. The highest BCUT2D eigenvalue weighted by molar-refractivity contribution is 6.31. The molecule has 0 amide bonds. The minimum absolute atomic E-state index is 0.0178. The van der Waals surface area contributed by atoms with Gasteiger partial charge in [0.25, 0.3) is 5.79 Å². The molecule has 106 valence electrons. The molecule has 0 N–H and O–H groups in total. The number of ether oxygens (including phenoxy) is 2. The largest absolute Gasteiger partial charge is 0.419 e. The summed E-state index contributed by atoms with van der Waals surface area (Å²) in [6.07, 6.45) is 1.07. The molecule has 1 aromatic carbocycles. The fraction of sp³-hybridized carbons (Fsp3) is 0.286. The number of carbonyl (C=O) groups excluding carboxylic acids is 2. The molecule has 20 heavy (non-hydrogen) atoms. The van der Waals surface area contributed by atoms with E-state index in [1.54, 1.807) is 6.92 Å². The summed E-state index contributed by atoms with van der Waals surface area (Å²) in [4.78, 5) is 23.5. The van der Waals surface area contributed by atoms with Crippen molar-refractivity contribution in [2.24, 2.45) is 0 Å². The van der Waals surface area contributed by atoms with Crippen LogP contribution in [0.4, 0.5) is 4.39 Å². The molecule has 0 spiro atoms. The highest BCUT2D eigenvalue weighted by Crippen LogP contribution is 2.26. The summed E-state index contributed by atoms with van der Waals surface area (Å²) in [6, 6.07) is 2.55. The van der Waals surface area contributed by atoms with Crippen LogP contribution in [0.25, 0.3) is 6.08 Å². The third-order valence-electron chi connectivity index (χ3n) is 2.69. The Balaban J connectivity index is 2.43. The first-order valence-corrected chi connectivity index (χ1v) is 6.21. The second-order valence-electron chi connectivity index (χ2n) is 4.86. The van der Waals surface area contributed by atoms with E-state index >= 15 is 0 Å². The lowest BCUT2D eigenvalue weighted by Crippen LogP contribution is -2.41. The molecule has 0 atom stereocenters. The van der Waals surface area contributed by atoms with Crippen LogP contribution < -0.4 is 0 Å². The molecule has 1 aliphatic rings. The fourth-order valence-corrected chi connectivity index (χ4v) is 1.88. The molecular weight excluding hydrogens is 287 g/mol. The van der Waals surface area contributed by atoms with E-state index in [9.17, 15) is 14.0 Å². The molecular formula is C14H12ClFO4. The first-order chi connectivity index (χ1) is 9.19. The van der Waals surface area contributed by atoms with Gasteiger partial charge in [-0.05, 0) is 30.7 Å². The molecule has 0 radical (unpaired) electrons. The smallest absolute Gasteiger partial charge is 0.348 e. The Morgan fingerprint density at radius 1 is 1.20 bits per heavy atom. The molecule has 1 aliphatic heterocycles. The van der Waals surface area contributed by atoms with E-state index in [1.807, 2.05) is 0 Å². The molecule has 1 saturated heterocycles. The molecule has 0 saturated carbocycles. The first kappa shape index (κ1) is 14.5. The van der Waals surface area contributed by atoms with Crippen molar-refractivity contribution in [1.82, 2.24) is 0 Å². The number of hydrogen-bond acceptors (Lipinski definition) is 4. The van der Waals surface area contributed by atoms with Crippen molar-refractivity contribution in [2.75, 3.05) is 0 Å². The second kappa shape index (κ2) is 4.90. The number of hydrogen-bond donors (Lipinski definition) is 0. The molecule has 1 fully saturated rings. The summed E-state index contributed by atoms with van der Waals surface area (Å²) in [5, 5.41) is 0.330. The van der Waals surface area contributed by atoms with Gasteiger partial charge in [-0.1, -0.05) is 11.6 Å². The van der Waals surface area contributed by atoms with Crippen LogP contribution in [0.3, 0.4) is 0 Å². The van der Waals surface area contributed by atoms with Crippen LogP contribution in [0.15, 0.2) is 17.7 Å². The molecule has 4 nitrogen and oxygen atoms in total. The molecule has 1 heterocycles. The maximum absolute atomic E-state index is 13.8. The van der Waals surface area contributed by atoms with Gasteiger partial charge in [0.2, 0.25) is 0 Å². The zero-order valence-corrected chi connectivity index (χ0v) is 11.9. The minimum atomic E-state index is -1.32. The zero-order valence-electron chi connectivity index (χ0n) is 11.1. The van der Waals surface area contributed by atoms with Crippen LogP contribution in [-0.2, 0) is 19.1 Å². The number of esters is 2. The zero-order chi connectivity index (χ0) is 15.1.